The van der Waals surface area contributed by atoms with Crippen LogP contribution in [-0.2, 0) is 28.8 Å². The Morgan fingerprint density at radius 2 is 1.60 bits per heavy atom. The number of carboxylic acid groups (broad SMARTS) is 1. The highest BCUT2D eigenvalue weighted by atomic mass is 16.6. The van der Waals surface area contributed by atoms with Crippen LogP contribution in [-0.4, -0.2) is 81.1 Å². The molecule has 1 aromatic carbocycles. The van der Waals surface area contributed by atoms with Crippen LogP contribution in [0.1, 0.15) is 59.8 Å². The topological polar surface area (TPSA) is 217 Å². The second kappa shape index (κ2) is 15.4. The number of non-ortho nitro benzene ring substituents is 1. The molecule has 4 atom stereocenters. The van der Waals surface area contributed by atoms with Gasteiger partial charge < -0.3 is 31.3 Å². The van der Waals surface area contributed by atoms with Crippen molar-refractivity contribution in [1.29, 1.82) is 0 Å². The molecule has 1 aromatic rings. The molecule has 1 aliphatic rings. The Bertz CT molecular complexity index is 1190. The summed E-state index contributed by atoms with van der Waals surface area (Å²) in [5.41, 5.74) is 0.189. The maximum atomic E-state index is 13.3. The summed E-state index contributed by atoms with van der Waals surface area (Å²) < 4.78 is 0. The van der Waals surface area contributed by atoms with E-state index in [1.807, 2.05) is 13.8 Å². The summed E-state index contributed by atoms with van der Waals surface area (Å²) in [5, 5.41) is 29.8. The Hall–Kier alpha value is -4.56. The molecule has 0 aromatic heterocycles. The van der Waals surface area contributed by atoms with E-state index in [1.54, 1.807) is 0 Å². The second-order valence-corrected chi connectivity index (χ2v) is 10.6. The predicted octanol–water partition coefficient (Wildman–Crippen LogP) is 0.929. The molecule has 0 unspecified atom stereocenters. The van der Waals surface area contributed by atoms with Gasteiger partial charge in [0, 0.05) is 30.8 Å². The zero-order valence-electron chi connectivity index (χ0n) is 24.0. The van der Waals surface area contributed by atoms with Crippen molar-refractivity contribution in [2.45, 2.75) is 84.0 Å². The van der Waals surface area contributed by atoms with Gasteiger partial charge in [0.2, 0.25) is 29.5 Å². The molecule has 1 fully saturated rings. The quantitative estimate of drug-likeness (QED) is 0.154. The first-order chi connectivity index (χ1) is 19.7. The highest BCUT2D eigenvalue weighted by Crippen LogP contribution is 2.20. The number of benzene rings is 1. The lowest BCUT2D eigenvalue weighted by Crippen LogP contribution is -2.56. The van der Waals surface area contributed by atoms with Crippen molar-refractivity contribution in [3.63, 3.8) is 0 Å². The molecule has 5 N–H and O–H groups in total. The molecule has 1 heterocycles. The minimum absolute atomic E-state index is 0.0288. The smallest absolute Gasteiger partial charge is 0.303 e. The molecular weight excluding hydrogens is 552 g/mol. The third-order valence-corrected chi connectivity index (χ3v) is 6.59. The van der Waals surface area contributed by atoms with Crippen LogP contribution in [0.4, 0.5) is 11.4 Å². The van der Waals surface area contributed by atoms with Crippen molar-refractivity contribution in [3.05, 3.63) is 34.4 Å². The molecule has 15 heteroatoms. The Balaban J connectivity index is 2.01. The summed E-state index contributed by atoms with van der Waals surface area (Å²) >= 11 is 0. The fourth-order valence-corrected chi connectivity index (χ4v) is 4.42. The number of likely N-dealkylation sites (tertiary alicyclic amines) is 1. The standard InChI is InChI=1S/C27H38N6O9/c1-15(2)14-20(25(38)30-18-7-9-19(10-8-18)33(41)42)31-26(39)21-6-5-13-32(21)27(40)17(4)29-24(37)16(3)28-22(34)11-12-23(35)36/h7-10,15-17,20-21H,5-6,11-14H2,1-4H3,(H,28,34)(H,29,37)(H,30,38)(H,31,39)(H,35,36)/t16-,17-,20+,21+/m1/s1. The van der Waals surface area contributed by atoms with Gasteiger partial charge in [-0.3, -0.25) is 38.9 Å². The van der Waals surface area contributed by atoms with Crippen LogP contribution in [0.25, 0.3) is 0 Å². The van der Waals surface area contributed by atoms with Crippen LogP contribution in [0, 0.1) is 16.0 Å². The van der Waals surface area contributed by atoms with Gasteiger partial charge in [-0.2, -0.15) is 0 Å². The number of nitrogens with zero attached hydrogens (tertiary/aromatic N) is 2. The van der Waals surface area contributed by atoms with E-state index < -0.39 is 64.6 Å². The average Bonchev–Trinajstić information content (AvgIpc) is 3.41. The van der Waals surface area contributed by atoms with Gasteiger partial charge in [0.15, 0.2) is 0 Å². The number of carboxylic acids is 1. The van der Waals surface area contributed by atoms with Crippen LogP contribution < -0.4 is 21.3 Å². The number of carbonyl (C=O) groups is 6. The molecule has 0 aliphatic carbocycles. The number of carbonyl (C=O) groups excluding carboxylic acids is 5. The van der Waals surface area contributed by atoms with E-state index in [9.17, 15) is 38.9 Å². The number of nitro groups is 1. The van der Waals surface area contributed by atoms with Crippen molar-refractivity contribution in [3.8, 4) is 0 Å². The van der Waals surface area contributed by atoms with E-state index in [0.717, 1.165) is 0 Å². The second-order valence-electron chi connectivity index (χ2n) is 10.6. The van der Waals surface area contributed by atoms with Crippen LogP contribution >= 0.6 is 0 Å². The summed E-state index contributed by atoms with van der Waals surface area (Å²) in [6.07, 6.45) is 0.505. The SMILES string of the molecule is CC(C)C[C@H](NC(=O)[C@@H]1CCCN1C(=O)[C@@H](C)NC(=O)[C@@H](C)NC(=O)CCC(=O)O)C(=O)Nc1ccc([N+](=O)[O-])cc1. The largest absolute Gasteiger partial charge is 0.481 e. The molecule has 230 valence electrons. The van der Waals surface area contributed by atoms with E-state index in [2.05, 4.69) is 21.3 Å². The van der Waals surface area contributed by atoms with E-state index >= 15 is 0 Å². The molecule has 42 heavy (non-hydrogen) atoms. The Labute approximate surface area is 242 Å². The monoisotopic (exact) mass is 590 g/mol. The zero-order chi connectivity index (χ0) is 31.6. The van der Waals surface area contributed by atoms with Crippen LogP contribution in [0.5, 0.6) is 0 Å². The van der Waals surface area contributed by atoms with Crippen LogP contribution in [0.2, 0.25) is 0 Å². The number of rotatable bonds is 14. The van der Waals surface area contributed by atoms with E-state index in [1.165, 1.54) is 43.0 Å². The zero-order valence-corrected chi connectivity index (χ0v) is 24.0. The lowest BCUT2D eigenvalue weighted by atomic mass is 10.0. The van der Waals surface area contributed by atoms with E-state index in [0.29, 0.717) is 24.9 Å². The van der Waals surface area contributed by atoms with Gasteiger partial charge >= 0.3 is 5.97 Å². The first-order valence-electron chi connectivity index (χ1n) is 13.7. The number of hydrogen-bond acceptors (Lipinski definition) is 8. The molecule has 0 bridgehead atoms. The molecule has 2 rings (SSSR count). The fourth-order valence-electron chi connectivity index (χ4n) is 4.42. The number of hydrogen-bond donors (Lipinski definition) is 5. The summed E-state index contributed by atoms with van der Waals surface area (Å²) in [7, 11) is 0. The maximum Gasteiger partial charge on any atom is 0.303 e. The molecule has 1 saturated heterocycles. The number of nitro benzene ring substituents is 1. The molecular formula is C27H38N6O9. The number of amides is 5. The third kappa shape index (κ3) is 10.1. The Morgan fingerprint density at radius 3 is 2.17 bits per heavy atom. The highest BCUT2D eigenvalue weighted by molar-refractivity contribution is 5.99. The molecule has 1 aliphatic heterocycles. The van der Waals surface area contributed by atoms with E-state index in [-0.39, 0.29) is 31.0 Å². The first kappa shape index (κ1) is 33.6. The van der Waals surface area contributed by atoms with Crippen molar-refractivity contribution in [1.82, 2.24) is 20.9 Å². The fraction of sp³-hybridized carbons (Fsp3) is 0.556. The van der Waals surface area contributed by atoms with Crippen molar-refractivity contribution >= 4 is 46.9 Å². The van der Waals surface area contributed by atoms with Gasteiger partial charge in [0.25, 0.3) is 5.69 Å². The van der Waals surface area contributed by atoms with Crippen molar-refractivity contribution in [2.24, 2.45) is 5.92 Å². The third-order valence-electron chi connectivity index (χ3n) is 6.59. The lowest BCUT2D eigenvalue weighted by molar-refractivity contribution is -0.384. The van der Waals surface area contributed by atoms with Gasteiger partial charge in [-0.15, -0.1) is 0 Å². The minimum Gasteiger partial charge on any atom is -0.481 e. The summed E-state index contributed by atoms with van der Waals surface area (Å²) in [4.78, 5) is 86.1. The molecule has 5 amide bonds. The average molecular weight is 591 g/mol. The van der Waals surface area contributed by atoms with Crippen molar-refractivity contribution < 1.29 is 38.8 Å². The Kier molecular flexibility index (Phi) is 12.4. The normalized spacial score (nSPS) is 16.6. The summed E-state index contributed by atoms with van der Waals surface area (Å²) in [5.74, 6) is -3.94. The van der Waals surface area contributed by atoms with Gasteiger partial charge in [-0.1, -0.05) is 13.8 Å². The van der Waals surface area contributed by atoms with Gasteiger partial charge in [-0.25, -0.2) is 0 Å². The predicted molar refractivity (Wildman–Crippen MR) is 150 cm³/mol. The van der Waals surface area contributed by atoms with Gasteiger partial charge in [-0.05, 0) is 51.2 Å². The first-order valence-corrected chi connectivity index (χ1v) is 13.7. The highest BCUT2D eigenvalue weighted by Gasteiger charge is 2.38. The lowest BCUT2D eigenvalue weighted by Gasteiger charge is -2.29. The number of aliphatic carboxylic acids is 1. The number of nitrogens with one attached hydrogen (secondary N) is 4. The maximum absolute atomic E-state index is 13.3. The van der Waals surface area contributed by atoms with E-state index in [4.69, 9.17) is 5.11 Å². The summed E-state index contributed by atoms with van der Waals surface area (Å²) in [6, 6.07) is 1.43. The Morgan fingerprint density at radius 1 is 0.952 bits per heavy atom. The molecule has 0 saturated carbocycles. The van der Waals surface area contributed by atoms with Crippen LogP contribution in [0.3, 0.4) is 0 Å². The molecule has 15 nitrogen and oxygen atoms in total. The van der Waals surface area contributed by atoms with Gasteiger partial charge in [0.05, 0.1) is 11.3 Å². The minimum atomic E-state index is -1.15. The molecule has 0 radical (unpaired) electrons. The van der Waals surface area contributed by atoms with Gasteiger partial charge in [0.1, 0.15) is 24.2 Å². The van der Waals surface area contributed by atoms with Crippen LogP contribution in [0.15, 0.2) is 24.3 Å². The summed E-state index contributed by atoms with van der Waals surface area (Å²) in [6.45, 7) is 6.87. The molecule has 0 spiro atoms. The number of anilines is 1. The van der Waals surface area contributed by atoms with Crippen molar-refractivity contribution in [2.75, 3.05) is 11.9 Å².